The number of piperidine rings is 1. The smallest absolute Gasteiger partial charge is 0.157 e. The minimum Gasteiger partial charge on any atom is -0.504 e. The van der Waals surface area contributed by atoms with E-state index in [4.69, 9.17) is 23.2 Å². The quantitative estimate of drug-likeness (QED) is 0.637. The largest absolute Gasteiger partial charge is 0.504 e. The van der Waals surface area contributed by atoms with Crippen molar-refractivity contribution in [3.8, 4) is 5.75 Å². The first-order chi connectivity index (χ1) is 12.6. The number of rotatable bonds is 3. The highest BCUT2D eigenvalue weighted by Crippen LogP contribution is 2.36. The van der Waals surface area contributed by atoms with E-state index in [1.165, 1.54) is 6.20 Å². The van der Waals surface area contributed by atoms with E-state index in [0.717, 1.165) is 48.2 Å². The molecule has 1 aliphatic rings. The van der Waals surface area contributed by atoms with Crippen molar-refractivity contribution in [2.75, 3.05) is 23.3 Å². The van der Waals surface area contributed by atoms with Gasteiger partial charge in [0.1, 0.15) is 0 Å². The van der Waals surface area contributed by atoms with Gasteiger partial charge in [-0.05, 0) is 31.0 Å². The number of halogens is 2. The number of pyridine rings is 1. The average molecular weight is 388 g/mol. The van der Waals surface area contributed by atoms with Crippen LogP contribution < -0.4 is 10.2 Å². The maximum absolute atomic E-state index is 10.4. The molecule has 0 atom stereocenters. The van der Waals surface area contributed by atoms with Crippen molar-refractivity contribution in [1.29, 1.82) is 0 Å². The third-order valence-electron chi connectivity index (χ3n) is 4.85. The predicted molar refractivity (Wildman–Crippen MR) is 109 cm³/mol. The number of hydrogen-bond acceptors (Lipinski definition) is 4. The van der Waals surface area contributed by atoms with Crippen molar-refractivity contribution < 1.29 is 5.11 Å². The molecule has 1 saturated heterocycles. The molecule has 0 spiro atoms. The van der Waals surface area contributed by atoms with Crippen LogP contribution in [0.2, 0.25) is 10.0 Å². The number of aromatic hydroxyl groups is 1. The van der Waals surface area contributed by atoms with Crippen LogP contribution >= 0.6 is 23.2 Å². The standard InChI is InChI=1S/C20H19Cl2N3O/c21-15-5-3-7-17(19(15)22)24-13-8-10-25(11-9-13)20-14-4-1-2-6-16(14)23-12-18(20)26/h1-7,12-13,24,26H,8-11H2. The Kier molecular flexibility index (Phi) is 4.79. The first kappa shape index (κ1) is 17.3. The third-order valence-corrected chi connectivity index (χ3v) is 5.67. The SMILES string of the molecule is Oc1cnc2ccccc2c1N1CCC(Nc2cccc(Cl)c2Cl)CC1. The molecule has 0 unspecified atom stereocenters. The second-order valence-electron chi connectivity index (χ2n) is 6.52. The summed E-state index contributed by atoms with van der Waals surface area (Å²) in [6.45, 7) is 1.69. The van der Waals surface area contributed by atoms with E-state index in [-0.39, 0.29) is 5.75 Å². The van der Waals surface area contributed by atoms with Crippen LogP contribution in [0.3, 0.4) is 0 Å². The topological polar surface area (TPSA) is 48.4 Å². The van der Waals surface area contributed by atoms with Gasteiger partial charge in [0.15, 0.2) is 5.75 Å². The van der Waals surface area contributed by atoms with Gasteiger partial charge >= 0.3 is 0 Å². The third kappa shape index (κ3) is 3.27. The minimum atomic E-state index is 0.230. The fourth-order valence-corrected chi connectivity index (χ4v) is 3.89. The van der Waals surface area contributed by atoms with Crippen LogP contribution in [0.25, 0.3) is 10.9 Å². The zero-order valence-electron chi connectivity index (χ0n) is 14.1. The summed E-state index contributed by atoms with van der Waals surface area (Å²) in [5.41, 5.74) is 2.64. The lowest BCUT2D eigenvalue weighted by molar-refractivity contribution is 0.465. The maximum atomic E-state index is 10.4. The number of anilines is 2. The minimum absolute atomic E-state index is 0.230. The second kappa shape index (κ2) is 7.22. The summed E-state index contributed by atoms with van der Waals surface area (Å²) >= 11 is 12.4. The van der Waals surface area contributed by atoms with Crippen molar-refractivity contribution >= 4 is 45.5 Å². The molecule has 2 heterocycles. The molecular weight excluding hydrogens is 369 g/mol. The maximum Gasteiger partial charge on any atom is 0.157 e. The van der Waals surface area contributed by atoms with E-state index >= 15 is 0 Å². The van der Waals surface area contributed by atoms with Gasteiger partial charge < -0.3 is 15.3 Å². The lowest BCUT2D eigenvalue weighted by atomic mass is 10.0. The molecule has 134 valence electrons. The van der Waals surface area contributed by atoms with Gasteiger partial charge in [0, 0.05) is 24.5 Å². The first-order valence-electron chi connectivity index (χ1n) is 8.65. The number of benzene rings is 2. The molecule has 1 aromatic heterocycles. The molecule has 1 aliphatic heterocycles. The summed E-state index contributed by atoms with van der Waals surface area (Å²) in [4.78, 5) is 6.54. The van der Waals surface area contributed by atoms with Gasteiger partial charge in [-0.25, -0.2) is 0 Å². The highest BCUT2D eigenvalue weighted by molar-refractivity contribution is 6.43. The lowest BCUT2D eigenvalue weighted by Crippen LogP contribution is -2.39. The summed E-state index contributed by atoms with van der Waals surface area (Å²) in [6, 6.07) is 13.9. The molecular formula is C20H19Cl2N3O. The Balaban J connectivity index is 1.51. The molecule has 26 heavy (non-hydrogen) atoms. The molecule has 2 aromatic carbocycles. The summed E-state index contributed by atoms with van der Waals surface area (Å²) in [7, 11) is 0. The van der Waals surface area contributed by atoms with Gasteiger partial charge in [-0.1, -0.05) is 47.5 Å². The Hall–Kier alpha value is -2.17. The molecule has 6 heteroatoms. The Morgan fingerprint density at radius 1 is 1.04 bits per heavy atom. The highest BCUT2D eigenvalue weighted by Gasteiger charge is 2.23. The molecule has 3 aromatic rings. The average Bonchev–Trinajstić information content (AvgIpc) is 2.66. The van der Waals surface area contributed by atoms with Gasteiger partial charge in [0.05, 0.1) is 33.1 Å². The van der Waals surface area contributed by atoms with Crippen molar-refractivity contribution in [3.63, 3.8) is 0 Å². The van der Waals surface area contributed by atoms with Gasteiger partial charge in [0.25, 0.3) is 0 Å². The molecule has 1 fully saturated rings. The van der Waals surface area contributed by atoms with Crippen molar-refractivity contribution in [1.82, 2.24) is 4.98 Å². The number of para-hydroxylation sites is 1. The fraction of sp³-hybridized carbons (Fsp3) is 0.250. The number of aromatic nitrogens is 1. The van der Waals surface area contributed by atoms with E-state index in [1.807, 2.05) is 36.4 Å². The van der Waals surface area contributed by atoms with E-state index in [0.29, 0.717) is 16.1 Å². The van der Waals surface area contributed by atoms with Crippen LogP contribution in [-0.2, 0) is 0 Å². The van der Waals surface area contributed by atoms with E-state index in [1.54, 1.807) is 6.07 Å². The lowest BCUT2D eigenvalue weighted by Gasteiger charge is -2.35. The molecule has 2 N–H and O–H groups in total. The summed E-state index contributed by atoms with van der Waals surface area (Å²) in [6.07, 6.45) is 3.42. The predicted octanol–water partition coefficient (Wildman–Crippen LogP) is 5.33. The van der Waals surface area contributed by atoms with E-state index in [2.05, 4.69) is 15.2 Å². The Labute approximate surface area is 162 Å². The molecule has 0 radical (unpaired) electrons. The van der Waals surface area contributed by atoms with E-state index in [9.17, 15) is 5.11 Å². The van der Waals surface area contributed by atoms with Gasteiger partial charge in [0.2, 0.25) is 0 Å². The Morgan fingerprint density at radius 3 is 2.62 bits per heavy atom. The highest BCUT2D eigenvalue weighted by atomic mass is 35.5. The molecule has 0 saturated carbocycles. The van der Waals surface area contributed by atoms with Crippen molar-refractivity contribution in [2.45, 2.75) is 18.9 Å². The molecule has 0 aliphatic carbocycles. The number of nitrogens with zero attached hydrogens (tertiary/aromatic N) is 2. The van der Waals surface area contributed by atoms with Gasteiger partial charge in [-0.2, -0.15) is 0 Å². The van der Waals surface area contributed by atoms with Crippen LogP contribution in [0, 0.1) is 0 Å². The van der Waals surface area contributed by atoms with Crippen LogP contribution in [0.4, 0.5) is 11.4 Å². The Bertz CT molecular complexity index is 939. The van der Waals surface area contributed by atoms with E-state index < -0.39 is 0 Å². The van der Waals surface area contributed by atoms with Crippen LogP contribution in [0.15, 0.2) is 48.7 Å². The molecule has 0 amide bonds. The first-order valence-corrected chi connectivity index (χ1v) is 9.41. The molecule has 0 bridgehead atoms. The summed E-state index contributed by atoms with van der Waals surface area (Å²) < 4.78 is 0. The van der Waals surface area contributed by atoms with Crippen molar-refractivity contribution in [2.24, 2.45) is 0 Å². The zero-order valence-corrected chi connectivity index (χ0v) is 15.6. The van der Waals surface area contributed by atoms with Crippen LogP contribution in [0.5, 0.6) is 5.75 Å². The van der Waals surface area contributed by atoms with Gasteiger partial charge in [-0.15, -0.1) is 0 Å². The molecule has 4 nitrogen and oxygen atoms in total. The normalized spacial score (nSPS) is 15.4. The number of hydrogen-bond donors (Lipinski definition) is 2. The summed E-state index contributed by atoms with van der Waals surface area (Å²) in [5, 5.41) is 16.0. The monoisotopic (exact) mass is 387 g/mol. The second-order valence-corrected chi connectivity index (χ2v) is 7.30. The summed E-state index contributed by atoms with van der Waals surface area (Å²) in [5.74, 6) is 0.230. The van der Waals surface area contributed by atoms with Crippen molar-refractivity contribution in [3.05, 3.63) is 58.7 Å². The molecule has 4 rings (SSSR count). The van der Waals surface area contributed by atoms with Crippen LogP contribution in [0.1, 0.15) is 12.8 Å². The fourth-order valence-electron chi connectivity index (χ4n) is 3.53. The number of nitrogens with one attached hydrogen (secondary N) is 1. The zero-order chi connectivity index (χ0) is 18.1. The van der Waals surface area contributed by atoms with Gasteiger partial charge in [-0.3, -0.25) is 4.98 Å². The Morgan fingerprint density at radius 2 is 1.81 bits per heavy atom. The van der Waals surface area contributed by atoms with Crippen LogP contribution in [-0.4, -0.2) is 29.2 Å². The number of fused-ring (bicyclic) bond motifs is 1.